The van der Waals surface area contributed by atoms with Crippen molar-refractivity contribution >= 4 is 5.97 Å². The fourth-order valence-electron chi connectivity index (χ4n) is 1.55. The van der Waals surface area contributed by atoms with Crippen LogP contribution in [0, 0.1) is 5.92 Å². The predicted molar refractivity (Wildman–Crippen MR) is 35.9 cm³/mol. The van der Waals surface area contributed by atoms with Gasteiger partial charge in [0, 0.05) is 0 Å². The van der Waals surface area contributed by atoms with Crippen molar-refractivity contribution in [3.8, 4) is 0 Å². The second-order valence-corrected chi connectivity index (χ2v) is 3.42. The maximum atomic E-state index is 12.7. The minimum atomic E-state index is -4.01. The number of alkyl halides is 2. The van der Waals surface area contributed by atoms with E-state index >= 15 is 0 Å². The number of carboxylic acid groups (broad SMARTS) is 1. The Labute approximate surface area is 68.0 Å². The van der Waals surface area contributed by atoms with Gasteiger partial charge in [0.25, 0.3) is 0 Å². The third-order valence-corrected chi connectivity index (χ3v) is 2.23. The third-order valence-electron chi connectivity index (χ3n) is 2.23. The maximum absolute atomic E-state index is 12.7. The lowest BCUT2D eigenvalue weighted by Crippen LogP contribution is -2.60. The van der Waals surface area contributed by atoms with Crippen molar-refractivity contribution in [3.63, 3.8) is 0 Å². The lowest BCUT2D eigenvalue weighted by atomic mass is 9.68. The molecule has 1 aliphatic rings. The van der Waals surface area contributed by atoms with Crippen molar-refractivity contribution in [2.75, 3.05) is 0 Å². The Hall–Kier alpha value is -0.710. The number of carboxylic acids is 1. The molecule has 70 valence electrons. The van der Waals surface area contributed by atoms with Crippen molar-refractivity contribution in [1.82, 2.24) is 0 Å². The zero-order chi connectivity index (χ0) is 9.57. The second-order valence-electron chi connectivity index (χ2n) is 3.42. The van der Waals surface area contributed by atoms with Crippen LogP contribution in [0.15, 0.2) is 0 Å². The van der Waals surface area contributed by atoms with Crippen molar-refractivity contribution in [2.45, 2.75) is 31.3 Å². The molecule has 0 saturated heterocycles. The van der Waals surface area contributed by atoms with Gasteiger partial charge in [-0.05, 0) is 18.8 Å². The van der Waals surface area contributed by atoms with E-state index in [1.54, 1.807) is 6.92 Å². The van der Waals surface area contributed by atoms with Gasteiger partial charge in [-0.1, -0.05) is 6.92 Å². The van der Waals surface area contributed by atoms with E-state index in [4.69, 9.17) is 10.2 Å². The van der Waals surface area contributed by atoms with Crippen molar-refractivity contribution in [1.29, 1.82) is 0 Å². The van der Waals surface area contributed by atoms with Gasteiger partial charge < -0.3 is 10.2 Å². The van der Waals surface area contributed by atoms with E-state index in [1.807, 2.05) is 0 Å². The summed E-state index contributed by atoms with van der Waals surface area (Å²) < 4.78 is 25.4. The van der Waals surface area contributed by atoms with E-state index < -0.39 is 17.5 Å². The van der Waals surface area contributed by atoms with E-state index in [0.29, 0.717) is 0 Å². The Morgan fingerprint density at radius 3 is 2.25 bits per heavy atom. The summed E-state index contributed by atoms with van der Waals surface area (Å²) in [7, 11) is 0. The van der Waals surface area contributed by atoms with Crippen LogP contribution < -0.4 is 0 Å². The normalized spacial score (nSPS) is 35.8. The van der Waals surface area contributed by atoms with E-state index in [1.165, 1.54) is 0 Å². The van der Waals surface area contributed by atoms with Crippen LogP contribution in [-0.4, -0.2) is 27.7 Å². The van der Waals surface area contributed by atoms with Gasteiger partial charge in [-0.3, -0.25) is 0 Å². The van der Waals surface area contributed by atoms with E-state index in [0.717, 1.165) is 0 Å². The molecule has 1 rings (SSSR count). The number of hydrogen-bond donors (Lipinski definition) is 2. The quantitative estimate of drug-likeness (QED) is 0.662. The second kappa shape index (κ2) is 2.39. The van der Waals surface area contributed by atoms with Gasteiger partial charge in [0.05, 0.1) is 0 Å². The van der Waals surface area contributed by atoms with Gasteiger partial charge >= 0.3 is 11.9 Å². The highest BCUT2D eigenvalue weighted by Gasteiger charge is 2.63. The summed E-state index contributed by atoms with van der Waals surface area (Å²) in [6, 6.07) is 0. The fraction of sp³-hybridized carbons (Fsp3) is 0.857. The van der Waals surface area contributed by atoms with Crippen LogP contribution in [0.1, 0.15) is 19.8 Å². The predicted octanol–water partition coefficient (Wildman–Crippen LogP) is 0.867. The first-order chi connectivity index (χ1) is 5.29. The average Bonchev–Trinajstić information content (AvgIpc) is 1.83. The van der Waals surface area contributed by atoms with Crippen LogP contribution in [-0.2, 0) is 4.79 Å². The Balaban J connectivity index is 2.76. The average molecular weight is 180 g/mol. The molecule has 0 atom stereocenters. The Morgan fingerprint density at radius 2 is 2.00 bits per heavy atom. The molecule has 12 heavy (non-hydrogen) atoms. The number of aliphatic hydroxyl groups is 1. The molecular weight excluding hydrogens is 170 g/mol. The third kappa shape index (κ3) is 1.08. The van der Waals surface area contributed by atoms with E-state index in [2.05, 4.69) is 0 Å². The van der Waals surface area contributed by atoms with E-state index in [-0.39, 0.29) is 18.8 Å². The van der Waals surface area contributed by atoms with Gasteiger partial charge in [0.1, 0.15) is 5.60 Å². The molecule has 0 bridgehead atoms. The molecule has 0 aromatic rings. The number of halogens is 2. The monoisotopic (exact) mass is 180 g/mol. The molecule has 0 spiro atoms. The van der Waals surface area contributed by atoms with Crippen LogP contribution in [0.5, 0.6) is 0 Å². The summed E-state index contributed by atoms with van der Waals surface area (Å²) >= 11 is 0. The summed E-state index contributed by atoms with van der Waals surface area (Å²) in [5.41, 5.74) is -2.32. The highest BCUT2D eigenvalue weighted by molar-refractivity contribution is 5.77. The fourth-order valence-corrected chi connectivity index (χ4v) is 1.55. The Morgan fingerprint density at radius 1 is 1.58 bits per heavy atom. The minimum absolute atomic E-state index is 0.0276. The number of aliphatic carboxylic acids is 1. The van der Waals surface area contributed by atoms with Crippen LogP contribution in [0.2, 0.25) is 0 Å². The number of carbonyl (C=O) groups is 1. The van der Waals surface area contributed by atoms with Crippen LogP contribution in [0.4, 0.5) is 8.78 Å². The highest BCUT2D eigenvalue weighted by Crippen LogP contribution is 2.47. The number of rotatable bonds is 2. The molecule has 2 N–H and O–H groups in total. The van der Waals surface area contributed by atoms with Crippen LogP contribution in [0.3, 0.4) is 0 Å². The molecule has 0 unspecified atom stereocenters. The smallest absolute Gasteiger partial charge is 0.377 e. The van der Waals surface area contributed by atoms with Crippen molar-refractivity contribution in [3.05, 3.63) is 0 Å². The van der Waals surface area contributed by atoms with E-state index in [9.17, 15) is 13.6 Å². The lowest BCUT2D eigenvalue weighted by molar-refractivity contribution is -0.239. The molecule has 1 fully saturated rings. The van der Waals surface area contributed by atoms with Crippen molar-refractivity contribution < 1.29 is 23.8 Å². The molecule has 0 radical (unpaired) electrons. The molecule has 3 nitrogen and oxygen atoms in total. The zero-order valence-electron chi connectivity index (χ0n) is 6.55. The first-order valence-electron chi connectivity index (χ1n) is 3.63. The minimum Gasteiger partial charge on any atom is -0.477 e. The van der Waals surface area contributed by atoms with Crippen LogP contribution >= 0.6 is 0 Å². The maximum Gasteiger partial charge on any atom is 0.377 e. The summed E-state index contributed by atoms with van der Waals surface area (Å²) in [6.07, 6.45) is -0.293. The largest absolute Gasteiger partial charge is 0.477 e. The Bertz CT molecular complexity index is 209. The molecule has 5 heteroatoms. The topological polar surface area (TPSA) is 57.5 Å². The summed E-state index contributed by atoms with van der Waals surface area (Å²) in [6.45, 7) is 1.69. The molecule has 0 heterocycles. The first-order valence-corrected chi connectivity index (χ1v) is 3.63. The standard InChI is InChI=1S/C7H10F2O3/c1-4-2-6(12,3-4)7(8,9)5(10)11/h4,12H,2-3H2,1H3,(H,10,11). The first kappa shape index (κ1) is 9.38. The molecular formula is C7H10F2O3. The lowest BCUT2D eigenvalue weighted by Gasteiger charge is -2.44. The Kier molecular flexibility index (Phi) is 1.87. The molecule has 1 saturated carbocycles. The molecule has 0 aromatic heterocycles. The summed E-state index contributed by atoms with van der Waals surface area (Å²) in [5.74, 6) is -6.29. The molecule has 0 amide bonds. The van der Waals surface area contributed by atoms with Gasteiger partial charge in [-0.25, -0.2) is 4.79 Å². The molecule has 0 aromatic carbocycles. The number of hydrogen-bond acceptors (Lipinski definition) is 2. The summed E-state index contributed by atoms with van der Waals surface area (Å²) in [4.78, 5) is 10.1. The summed E-state index contributed by atoms with van der Waals surface area (Å²) in [5, 5.41) is 17.3. The molecule has 0 aliphatic heterocycles. The van der Waals surface area contributed by atoms with Crippen molar-refractivity contribution in [2.24, 2.45) is 5.92 Å². The zero-order valence-corrected chi connectivity index (χ0v) is 6.55. The van der Waals surface area contributed by atoms with Crippen LogP contribution in [0.25, 0.3) is 0 Å². The van der Waals surface area contributed by atoms with Gasteiger partial charge in [0.15, 0.2) is 0 Å². The highest BCUT2D eigenvalue weighted by atomic mass is 19.3. The SMILES string of the molecule is CC1CC(O)(C(F)(F)C(=O)O)C1. The van der Waals surface area contributed by atoms with Gasteiger partial charge in [0.2, 0.25) is 0 Å². The van der Waals surface area contributed by atoms with Gasteiger partial charge in [-0.15, -0.1) is 0 Å². The van der Waals surface area contributed by atoms with Gasteiger partial charge in [-0.2, -0.15) is 8.78 Å². The molecule has 1 aliphatic carbocycles.